The van der Waals surface area contributed by atoms with E-state index in [9.17, 15) is 5.11 Å². The Morgan fingerprint density at radius 1 is 1.13 bits per heavy atom. The predicted octanol–water partition coefficient (Wildman–Crippen LogP) is 4.33. The maximum atomic E-state index is 10.2. The van der Waals surface area contributed by atoms with E-state index >= 15 is 0 Å². The molecule has 1 aliphatic rings. The van der Waals surface area contributed by atoms with Gasteiger partial charge in [-0.2, -0.15) is 0 Å². The zero-order valence-corrected chi connectivity index (χ0v) is 14.3. The van der Waals surface area contributed by atoms with Gasteiger partial charge in [0.1, 0.15) is 0 Å². The lowest BCUT2D eigenvalue weighted by atomic mass is 9.78. The van der Waals surface area contributed by atoms with E-state index in [1.807, 2.05) is 19.1 Å². The van der Waals surface area contributed by atoms with E-state index in [-0.39, 0.29) is 6.10 Å². The van der Waals surface area contributed by atoms with Gasteiger partial charge in [-0.15, -0.1) is 0 Å². The highest BCUT2D eigenvalue weighted by atomic mass is 35.5. The van der Waals surface area contributed by atoms with Crippen molar-refractivity contribution >= 4 is 11.6 Å². The molecule has 1 heterocycles. The molecule has 1 unspecified atom stereocenters. The monoisotopic (exact) mass is 329 g/mol. The van der Waals surface area contributed by atoms with Crippen LogP contribution in [0.4, 0.5) is 0 Å². The first kappa shape index (κ1) is 16.5. The summed E-state index contributed by atoms with van der Waals surface area (Å²) in [5.74, 6) is 0.660. The van der Waals surface area contributed by atoms with E-state index in [2.05, 4.69) is 47.4 Å². The molecule has 3 heteroatoms. The highest BCUT2D eigenvalue weighted by Crippen LogP contribution is 2.35. The molecule has 0 bridgehead atoms. The van der Waals surface area contributed by atoms with Gasteiger partial charge < -0.3 is 5.11 Å². The summed E-state index contributed by atoms with van der Waals surface area (Å²) in [6.45, 7) is 4.90. The third-order valence-electron chi connectivity index (χ3n) is 4.92. The van der Waals surface area contributed by atoms with Crippen LogP contribution < -0.4 is 0 Å². The lowest BCUT2D eigenvalue weighted by Crippen LogP contribution is -2.42. The Labute approximate surface area is 143 Å². The second kappa shape index (κ2) is 7.48. The van der Waals surface area contributed by atoms with Crippen LogP contribution in [0.25, 0.3) is 0 Å². The predicted molar refractivity (Wildman–Crippen MR) is 95.7 cm³/mol. The zero-order chi connectivity index (χ0) is 16.2. The lowest BCUT2D eigenvalue weighted by molar-refractivity contribution is 0.0520. The van der Waals surface area contributed by atoms with E-state index in [0.717, 1.165) is 31.1 Å². The maximum Gasteiger partial charge on any atom is 0.0547 e. The highest BCUT2D eigenvalue weighted by molar-refractivity contribution is 6.30. The fourth-order valence-electron chi connectivity index (χ4n) is 3.66. The smallest absolute Gasteiger partial charge is 0.0547 e. The lowest BCUT2D eigenvalue weighted by Gasteiger charge is -2.40. The third kappa shape index (κ3) is 4.14. The molecule has 23 heavy (non-hydrogen) atoms. The third-order valence-corrected chi connectivity index (χ3v) is 5.17. The van der Waals surface area contributed by atoms with Crippen molar-refractivity contribution < 1.29 is 5.11 Å². The second-order valence-corrected chi connectivity index (χ2v) is 7.01. The van der Waals surface area contributed by atoms with Crippen molar-refractivity contribution in [1.29, 1.82) is 0 Å². The molecule has 3 atom stereocenters. The largest absolute Gasteiger partial charge is 0.393 e. The van der Waals surface area contributed by atoms with Crippen molar-refractivity contribution in [1.82, 2.24) is 4.90 Å². The number of hydrogen-bond donors (Lipinski definition) is 1. The molecule has 2 aromatic carbocycles. The van der Waals surface area contributed by atoms with Crippen LogP contribution in [0.15, 0.2) is 54.6 Å². The van der Waals surface area contributed by atoms with Gasteiger partial charge in [-0.25, -0.2) is 0 Å². The van der Waals surface area contributed by atoms with E-state index in [0.29, 0.717) is 11.8 Å². The normalized spacial score (nSPS) is 23.6. The molecule has 1 saturated heterocycles. The Balaban J connectivity index is 1.77. The number of likely N-dealkylation sites (tertiary alicyclic amines) is 1. The average Bonchev–Trinajstić information content (AvgIpc) is 2.56. The molecular weight excluding hydrogens is 306 g/mol. The molecule has 0 aromatic heterocycles. The topological polar surface area (TPSA) is 23.5 Å². The van der Waals surface area contributed by atoms with Crippen molar-refractivity contribution in [2.24, 2.45) is 5.92 Å². The van der Waals surface area contributed by atoms with Gasteiger partial charge in [0.05, 0.1) is 6.10 Å². The zero-order valence-electron chi connectivity index (χ0n) is 13.5. The van der Waals surface area contributed by atoms with Gasteiger partial charge >= 0.3 is 0 Å². The van der Waals surface area contributed by atoms with Crippen LogP contribution in [0.5, 0.6) is 0 Å². The summed E-state index contributed by atoms with van der Waals surface area (Å²) in [5, 5.41) is 11.0. The molecule has 0 aliphatic carbocycles. The Morgan fingerprint density at radius 3 is 2.48 bits per heavy atom. The van der Waals surface area contributed by atoms with Gasteiger partial charge in [-0.05, 0) is 49.1 Å². The minimum atomic E-state index is -0.283. The molecule has 0 spiro atoms. The standard InChI is InChI=1S/C20H24ClNO/c1-15(23)19-11-12-22(13-16-5-3-2-4-6-16)14-20(19)17-7-9-18(21)10-8-17/h2-10,15,19-20,23H,11-14H2,1H3/t15-,19-,20?/m0/s1. The Bertz CT molecular complexity index is 611. The van der Waals surface area contributed by atoms with Gasteiger partial charge in [0.15, 0.2) is 0 Å². The van der Waals surface area contributed by atoms with Crippen LogP contribution in [0.1, 0.15) is 30.4 Å². The van der Waals surface area contributed by atoms with E-state index in [1.165, 1.54) is 11.1 Å². The number of aliphatic hydroxyl groups is 1. The van der Waals surface area contributed by atoms with Gasteiger partial charge in [0.25, 0.3) is 0 Å². The Hall–Kier alpha value is -1.35. The summed E-state index contributed by atoms with van der Waals surface area (Å²) in [5.41, 5.74) is 2.62. The SMILES string of the molecule is C[C@H](O)[C@@H]1CCN(Cc2ccccc2)CC1c1ccc(Cl)cc1. The first-order chi connectivity index (χ1) is 11.1. The molecule has 2 nitrogen and oxygen atoms in total. The van der Waals surface area contributed by atoms with E-state index in [1.54, 1.807) is 0 Å². The first-order valence-corrected chi connectivity index (χ1v) is 8.71. The number of benzene rings is 2. The average molecular weight is 330 g/mol. The number of hydrogen-bond acceptors (Lipinski definition) is 2. The van der Waals surface area contributed by atoms with Crippen LogP contribution in [0, 0.1) is 5.92 Å². The van der Waals surface area contributed by atoms with Gasteiger partial charge in [0, 0.05) is 24.0 Å². The second-order valence-electron chi connectivity index (χ2n) is 6.57. The summed E-state index contributed by atoms with van der Waals surface area (Å²) >= 11 is 6.03. The molecule has 3 rings (SSSR count). The van der Waals surface area contributed by atoms with Gasteiger partial charge in [-0.1, -0.05) is 54.1 Å². The number of halogens is 1. The quantitative estimate of drug-likeness (QED) is 0.902. The van der Waals surface area contributed by atoms with E-state index < -0.39 is 0 Å². The maximum absolute atomic E-state index is 10.2. The minimum Gasteiger partial charge on any atom is -0.393 e. The molecule has 1 fully saturated rings. The van der Waals surface area contributed by atoms with Crippen molar-refractivity contribution in [2.75, 3.05) is 13.1 Å². The van der Waals surface area contributed by atoms with Crippen LogP contribution in [0.2, 0.25) is 5.02 Å². The number of piperidine rings is 1. The van der Waals surface area contributed by atoms with Crippen LogP contribution in [-0.2, 0) is 6.54 Å². The van der Waals surface area contributed by atoms with Gasteiger partial charge in [0.2, 0.25) is 0 Å². The Kier molecular flexibility index (Phi) is 5.37. The first-order valence-electron chi connectivity index (χ1n) is 8.33. The number of rotatable bonds is 4. The molecule has 2 aromatic rings. The van der Waals surface area contributed by atoms with E-state index in [4.69, 9.17) is 11.6 Å². The summed E-state index contributed by atoms with van der Waals surface area (Å²) in [6.07, 6.45) is 0.743. The van der Waals surface area contributed by atoms with Crippen molar-refractivity contribution in [3.8, 4) is 0 Å². The molecule has 0 amide bonds. The van der Waals surface area contributed by atoms with Gasteiger partial charge in [-0.3, -0.25) is 4.90 Å². The van der Waals surface area contributed by atoms with Crippen LogP contribution in [-0.4, -0.2) is 29.2 Å². The fraction of sp³-hybridized carbons (Fsp3) is 0.400. The molecular formula is C20H24ClNO. The minimum absolute atomic E-state index is 0.283. The highest BCUT2D eigenvalue weighted by Gasteiger charge is 2.33. The number of nitrogens with zero attached hydrogens (tertiary/aromatic N) is 1. The van der Waals surface area contributed by atoms with Crippen molar-refractivity contribution in [3.05, 3.63) is 70.7 Å². The van der Waals surface area contributed by atoms with Crippen LogP contribution in [0.3, 0.4) is 0 Å². The molecule has 1 N–H and O–H groups in total. The molecule has 1 aliphatic heterocycles. The molecule has 0 saturated carbocycles. The van der Waals surface area contributed by atoms with Crippen LogP contribution >= 0.6 is 11.6 Å². The summed E-state index contributed by atoms with van der Waals surface area (Å²) in [7, 11) is 0. The summed E-state index contributed by atoms with van der Waals surface area (Å²) < 4.78 is 0. The molecule has 0 radical (unpaired) electrons. The summed E-state index contributed by atoms with van der Waals surface area (Å²) in [4.78, 5) is 2.49. The van der Waals surface area contributed by atoms with Crippen molar-refractivity contribution in [2.45, 2.75) is 31.9 Å². The fourth-order valence-corrected chi connectivity index (χ4v) is 3.79. The Morgan fingerprint density at radius 2 is 1.83 bits per heavy atom. The van der Waals surface area contributed by atoms with Crippen molar-refractivity contribution in [3.63, 3.8) is 0 Å². The number of aliphatic hydroxyl groups excluding tert-OH is 1. The molecule has 122 valence electrons. The summed E-state index contributed by atoms with van der Waals surface area (Å²) in [6, 6.07) is 18.7.